The van der Waals surface area contributed by atoms with E-state index in [1.54, 1.807) is 6.08 Å². The van der Waals surface area contributed by atoms with Crippen LogP contribution in [0.5, 0.6) is 0 Å². The molecular weight excluding hydrogens is 318 g/mol. The lowest BCUT2D eigenvalue weighted by Crippen LogP contribution is -2.09. The first kappa shape index (κ1) is 14.8. The van der Waals surface area contributed by atoms with Gasteiger partial charge in [0.1, 0.15) is 0 Å². The minimum atomic E-state index is -0.201. The lowest BCUT2D eigenvalue weighted by molar-refractivity contribution is -0.111. The van der Waals surface area contributed by atoms with Gasteiger partial charge in [0, 0.05) is 23.3 Å². The van der Waals surface area contributed by atoms with Crippen LogP contribution in [-0.4, -0.2) is 15.3 Å². The number of carbonyl (C=O) groups excluding carboxylic acids is 1. The largest absolute Gasteiger partial charge is 0.322 e. The summed E-state index contributed by atoms with van der Waals surface area (Å²) in [5, 5.41) is 5.18. The number of rotatable bonds is 3. The first-order valence-electron chi connectivity index (χ1n) is 6.72. The Bertz CT molecular complexity index is 879. The molecule has 0 radical (unpaired) electrons. The van der Waals surface area contributed by atoms with E-state index in [2.05, 4.69) is 10.3 Å². The first-order valence-corrected chi connectivity index (χ1v) is 7.98. The molecule has 0 saturated carbocycles. The number of benzene rings is 1. The molecule has 0 fully saturated rings. The predicted octanol–water partition coefficient (Wildman–Crippen LogP) is 4.32. The fourth-order valence-corrected chi connectivity index (χ4v) is 3.21. The Morgan fingerprint density at radius 1 is 1.41 bits per heavy atom. The zero-order chi connectivity index (χ0) is 15.7. The molecular formula is C16H14ClN3OS. The molecule has 2 aromatic heterocycles. The maximum atomic E-state index is 12.1. The number of hydrogen-bond acceptors (Lipinski definition) is 3. The van der Waals surface area contributed by atoms with Gasteiger partial charge in [-0.1, -0.05) is 29.3 Å². The van der Waals surface area contributed by atoms with Gasteiger partial charge < -0.3 is 5.32 Å². The molecule has 3 aromatic rings. The van der Waals surface area contributed by atoms with E-state index >= 15 is 0 Å². The van der Waals surface area contributed by atoms with Crippen molar-refractivity contribution in [3.05, 3.63) is 57.8 Å². The molecule has 0 aliphatic rings. The summed E-state index contributed by atoms with van der Waals surface area (Å²) in [6.07, 6.45) is 5.01. The van der Waals surface area contributed by atoms with Crippen LogP contribution in [0.1, 0.15) is 16.8 Å². The van der Waals surface area contributed by atoms with Gasteiger partial charge in [-0.2, -0.15) is 0 Å². The monoisotopic (exact) mass is 331 g/mol. The van der Waals surface area contributed by atoms with Gasteiger partial charge in [0.15, 0.2) is 10.1 Å². The number of carbonyl (C=O) groups is 1. The number of thiazole rings is 1. The van der Waals surface area contributed by atoms with Crippen LogP contribution in [0.25, 0.3) is 11.0 Å². The van der Waals surface area contributed by atoms with Crippen molar-refractivity contribution in [3.8, 4) is 0 Å². The zero-order valence-corrected chi connectivity index (χ0v) is 13.7. The fourth-order valence-electron chi connectivity index (χ4n) is 2.21. The van der Waals surface area contributed by atoms with Crippen molar-refractivity contribution in [1.82, 2.24) is 9.38 Å². The van der Waals surface area contributed by atoms with E-state index in [0.717, 1.165) is 21.8 Å². The molecule has 6 heteroatoms. The predicted molar refractivity (Wildman–Crippen MR) is 91.7 cm³/mol. The second-order valence-electron chi connectivity index (χ2n) is 4.98. The highest BCUT2D eigenvalue weighted by Gasteiger charge is 2.09. The van der Waals surface area contributed by atoms with Crippen molar-refractivity contribution in [1.29, 1.82) is 0 Å². The summed E-state index contributed by atoms with van der Waals surface area (Å²) in [6.45, 7) is 3.99. The van der Waals surface area contributed by atoms with Crippen LogP contribution < -0.4 is 5.32 Å². The molecule has 22 heavy (non-hydrogen) atoms. The first-order chi connectivity index (χ1) is 10.5. The third-order valence-corrected chi connectivity index (χ3v) is 4.32. The lowest BCUT2D eigenvalue weighted by atomic mass is 10.1. The Labute approximate surface area is 137 Å². The van der Waals surface area contributed by atoms with Crippen LogP contribution >= 0.6 is 22.9 Å². The molecule has 1 aromatic carbocycles. The highest BCUT2D eigenvalue weighted by Crippen LogP contribution is 2.22. The van der Waals surface area contributed by atoms with Crippen LogP contribution in [0.2, 0.25) is 5.15 Å². The Morgan fingerprint density at radius 3 is 3.00 bits per heavy atom. The standard InChI is InChI=1S/C16H14ClN3OS/c1-10-3-4-12(11(2)9-10)18-14(21)6-5-13-15(17)19-16-20(13)7-8-22-16/h3-9H,1-2H3,(H,18,21)/b6-5+. The van der Waals surface area contributed by atoms with Crippen molar-refractivity contribution in [3.63, 3.8) is 0 Å². The third-order valence-electron chi connectivity index (χ3n) is 3.29. The topological polar surface area (TPSA) is 46.4 Å². The molecule has 0 unspecified atom stereocenters. The van der Waals surface area contributed by atoms with Crippen LogP contribution in [0, 0.1) is 13.8 Å². The summed E-state index contributed by atoms with van der Waals surface area (Å²) < 4.78 is 1.86. The third kappa shape index (κ3) is 2.91. The minimum absolute atomic E-state index is 0.201. The fraction of sp³-hybridized carbons (Fsp3) is 0.125. The lowest BCUT2D eigenvalue weighted by Gasteiger charge is -2.06. The van der Waals surface area contributed by atoms with Crippen molar-refractivity contribution in [2.45, 2.75) is 13.8 Å². The maximum absolute atomic E-state index is 12.1. The molecule has 0 aliphatic heterocycles. The molecule has 112 valence electrons. The summed E-state index contributed by atoms with van der Waals surface area (Å²) in [5.41, 5.74) is 3.70. The normalized spacial score (nSPS) is 11.4. The van der Waals surface area contributed by atoms with E-state index < -0.39 is 0 Å². The van der Waals surface area contributed by atoms with Crippen LogP contribution in [-0.2, 0) is 4.79 Å². The number of aryl methyl sites for hydroxylation is 2. The highest BCUT2D eigenvalue weighted by molar-refractivity contribution is 7.15. The molecule has 0 spiro atoms. The molecule has 0 atom stereocenters. The molecule has 1 N–H and O–H groups in total. The molecule has 0 aliphatic carbocycles. The van der Waals surface area contributed by atoms with Gasteiger partial charge in [-0.25, -0.2) is 4.98 Å². The Balaban J connectivity index is 1.79. The summed E-state index contributed by atoms with van der Waals surface area (Å²) in [6, 6.07) is 5.90. The van der Waals surface area contributed by atoms with E-state index in [4.69, 9.17) is 11.6 Å². The van der Waals surface area contributed by atoms with Gasteiger partial charge in [0.2, 0.25) is 5.91 Å². The van der Waals surface area contributed by atoms with Crippen molar-refractivity contribution >= 4 is 45.6 Å². The molecule has 0 saturated heterocycles. The number of aromatic nitrogens is 2. The van der Waals surface area contributed by atoms with Crippen LogP contribution in [0.15, 0.2) is 35.9 Å². The maximum Gasteiger partial charge on any atom is 0.248 e. The van der Waals surface area contributed by atoms with Gasteiger partial charge in [-0.15, -0.1) is 11.3 Å². The number of nitrogens with one attached hydrogen (secondary N) is 1. The number of nitrogens with zero attached hydrogens (tertiary/aromatic N) is 2. The Kier molecular flexibility index (Phi) is 4.00. The molecule has 3 rings (SSSR count). The SMILES string of the molecule is Cc1ccc(NC(=O)/C=C/c2c(Cl)nc3sccn23)c(C)c1. The van der Waals surface area contributed by atoms with E-state index in [1.807, 2.05) is 48.0 Å². The second kappa shape index (κ2) is 5.94. The van der Waals surface area contributed by atoms with Crippen LogP contribution in [0.4, 0.5) is 5.69 Å². The minimum Gasteiger partial charge on any atom is -0.322 e. The Morgan fingerprint density at radius 2 is 2.23 bits per heavy atom. The second-order valence-corrected chi connectivity index (χ2v) is 6.22. The number of anilines is 1. The van der Waals surface area contributed by atoms with E-state index in [1.165, 1.54) is 17.4 Å². The number of hydrogen-bond donors (Lipinski definition) is 1. The average molecular weight is 332 g/mol. The van der Waals surface area contributed by atoms with Crippen LogP contribution in [0.3, 0.4) is 0 Å². The number of amides is 1. The van der Waals surface area contributed by atoms with Gasteiger partial charge in [-0.05, 0) is 31.6 Å². The van der Waals surface area contributed by atoms with Crippen molar-refractivity contribution in [2.24, 2.45) is 0 Å². The van der Waals surface area contributed by atoms with E-state index in [0.29, 0.717) is 10.8 Å². The zero-order valence-electron chi connectivity index (χ0n) is 12.1. The number of fused-ring (bicyclic) bond motifs is 1. The molecule has 1 amide bonds. The molecule has 0 bridgehead atoms. The van der Waals surface area contributed by atoms with E-state index in [-0.39, 0.29) is 5.91 Å². The summed E-state index contributed by atoms with van der Waals surface area (Å²) in [5.74, 6) is -0.201. The van der Waals surface area contributed by atoms with Gasteiger partial charge in [0.25, 0.3) is 0 Å². The van der Waals surface area contributed by atoms with Gasteiger partial charge >= 0.3 is 0 Å². The van der Waals surface area contributed by atoms with E-state index in [9.17, 15) is 4.79 Å². The number of halogens is 1. The smallest absolute Gasteiger partial charge is 0.248 e. The average Bonchev–Trinajstić information content (AvgIpc) is 3.00. The molecule has 2 heterocycles. The summed E-state index contributed by atoms with van der Waals surface area (Å²) >= 11 is 7.58. The Hall–Kier alpha value is -2.11. The summed E-state index contributed by atoms with van der Waals surface area (Å²) in [7, 11) is 0. The summed E-state index contributed by atoms with van der Waals surface area (Å²) in [4.78, 5) is 17.1. The quantitative estimate of drug-likeness (QED) is 0.726. The van der Waals surface area contributed by atoms with Gasteiger partial charge in [-0.3, -0.25) is 9.20 Å². The van der Waals surface area contributed by atoms with Crippen molar-refractivity contribution < 1.29 is 4.79 Å². The molecule has 4 nitrogen and oxygen atoms in total. The highest BCUT2D eigenvalue weighted by atomic mass is 35.5. The number of imidazole rings is 1. The van der Waals surface area contributed by atoms with Gasteiger partial charge in [0.05, 0.1) is 5.69 Å². The van der Waals surface area contributed by atoms with Crippen molar-refractivity contribution in [2.75, 3.05) is 5.32 Å².